The van der Waals surface area contributed by atoms with E-state index < -0.39 is 0 Å². The Hall–Kier alpha value is -2.31. The fourth-order valence-corrected chi connectivity index (χ4v) is 3.46. The maximum Gasteiger partial charge on any atom is 0.161 e. The third-order valence-electron chi connectivity index (χ3n) is 4.70. The first kappa shape index (κ1) is 18.1. The van der Waals surface area contributed by atoms with Crippen molar-refractivity contribution in [2.45, 2.75) is 19.4 Å². The SMILES string of the molecule is CCc1cc(N2CCOC(c3ccc(Br)cc3)C2)nc(-c2ccncc2)n1. The molecule has 0 radical (unpaired) electrons. The number of anilines is 1. The molecule has 0 N–H and O–H groups in total. The van der Waals surface area contributed by atoms with Gasteiger partial charge in [0.2, 0.25) is 0 Å². The minimum absolute atomic E-state index is 0.0382. The second-order valence-electron chi connectivity index (χ2n) is 6.49. The third-order valence-corrected chi connectivity index (χ3v) is 5.23. The average Bonchev–Trinajstić information content (AvgIpc) is 2.74. The lowest BCUT2D eigenvalue weighted by atomic mass is 10.1. The zero-order valence-corrected chi connectivity index (χ0v) is 16.8. The molecule has 1 saturated heterocycles. The summed E-state index contributed by atoms with van der Waals surface area (Å²) in [6, 6.07) is 14.3. The van der Waals surface area contributed by atoms with Crippen LogP contribution in [0.4, 0.5) is 5.82 Å². The molecular formula is C21H21BrN4O. The molecule has 1 aliphatic heterocycles. The highest BCUT2D eigenvalue weighted by Crippen LogP contribution is 2.28. The summed E-state index contributed by atoms with van der Waals surface area (Å²) in [5.41, 5.74) is 3.21. The van der Waals surface area contributed by atoms with Crippen molar-refractivity contribution in [1.82, 2.24) is 15.0 Å². The van der Waals surface area contributed by atoms with E-state index in [1.54, 1.807) is 12.4 Å². The van der Waals surface area contributed by atoms with Gasteiger partial charge in [-0.1, -0.05) is 35.0 Å². The minimum atomic E-state index is 0.0382. The van der Waals surface area contributed by atoms with Crippen LogP contribution in [-0.4, -0.2) is 34.6 Å². The predicted molar refractivity (Wildman–Crippen MR) is 110 cm³/mol. The van der Waals surface area contributed by atoms with Crippen LogP contribution >= 0.6 is 15.9 Å². The number of rotatable bonds is 4. The number of hydrogen-bond donors (Lipinski definition) is 0. The fraction of sp³-hybridized carbons (Fsp3) is 0.286. The first-order valence-electron chi connectivity index (χ1n) is 9.13. The molecule has 0 amide bonds. The molecule has 1 fully saturated rings. The Bertz CT molecular complexity index is 902. The summed E-state index contributed by atoms with van der Waals surface area (Å²) in [7, 11) is 0. The number of halogens is 1. The monoisotopic (exact) mass is 424 g/mol. The number of pyridine rings is 1. The summed E-state index contributed by atoms with van der Waals surface area (Å²) in [4.78, 5) is 15.9. The van der Waals surface area contributed by atoms with Gasteiger partial charge in [-0.25, -0.2) is 9.97 Å². The number of morpholine rings is 1. The molecule has 6 heteroatoms. The normalized spacial score (nSPS) is 17.1. The van der Waals surface area contributed by atoms with Crippen molar-refractivity contribution in [1.29, 1.82) is 0 Å². The number of hydrogen-bond acceptors (Lipinski definition) is 5. The molecule has 1 aromatic carbocycles. The maximum atomic E-state index is 6.02. The zero-order chi connectivity index (χ0) is 18.6. The van der Waals surface area contributed by atoms with Crippen molar-refractivity contribution in [3.8, 4) is 11.4 Å². The number of nitrogens with zero attached hydrogens (tertiary/aromatic N) is 4. The van der Waals surface area contributed by atoms with E-state index >= 15 is 0 Å². The standard InChI is InChI=1S/C21H21BrN4O/c1-2-18-13-20(25-21(24-18)16-7-9-23-10-8-16)26-11-12-27-19(14-26)15-3-5-17(22)6-4-15/h3-10,13,19H,2,11-12,14H2,1H3. The van der Waals surface area contributed by atoms with Gasteiger partial charge in [0.15, 0.2) is 5.82 Å². The van der Waals surface area contributed by atoms with E-state index in [0.717, 1.165) is 46.9 Å². The van der Waals surface area contributed by atoms with Crippen LogP contribution in [0, 0.1) is 0 Å². The first-order valence-corrected chi connectivity index (χ1v) is 9.92. The molecule has 1 atom stereocenters. The van der Waals surface area contributed by atoms with Crippen molar-refractivity contribution in [3.63, 3.8) is 0 Å². The molecule has 2 aromatic heterocycles. The molecule has 0 spiro atoms. The smallest absolute Gasteiger partial charge is 0.161 e. The van der Waals surface area contributed by atoms with Crippen LogP contribution in [0.15, 0.2) is 59.3 Å². The molecule has 0 saturated carbocycles. The van der Waals surface area contributed by atoms with Crippen LogP contribution in [0.5, 0.6) is 0 Å². The topological polar surface area (TPSA) is 51.1 Å². The van der Waals surface area contributed by atoms with Gasteiger partial charge in [0.05, 0.1) is 6.61 Å². The van der Waals surface area contributed by atoms with Gasteiger partial charge < -0.3 is 9.64 Å². The summed E-state index contributed by atoms with van der Waals surface area (Å²) < 4.78 is 7.09. The van der Waals surface area contributed by atoms with E-state index in [0.29, 0.717) is 6.61 Å². The maximum absolute atomic E-state index is 6.02. The highest BCUT2D eigenvalue weighted by molar-refractivity contribution is 9.10. The summed E-state index contributed by atoms with van der Waals surface area (Å²) in [6.45, 7) is 4.39. The Morgan fingerprint density at radius 2 is 1.89 bits per heavy atom. The largest absolute Gasteiger partial charge is 0.370 e. The molecule has 4 rings (SSSR count). The van der Waals surface area contributed by atoms with Crippen LogP contribution in [0.25, 0.3) is 11.4 Å². The van der Waals surface area contributed by atoms with Gasteiger partial charge in [-0.2, -0.15) is 0 Å². The van der Waals surface area contributed by atoms with Gasteiger partial charge in [0.1, 0.15) is 11.9 Å². The van der Waals surface area contributed by atoms with Crippen LogP contribution in [0.2, 0.25) is 0 Å². The van der Waals surface area contributed by atoms with Crippen molar-refractivity contribution in [2.75, 3.05) is 24.6 Å². The van der Waals surface area contributed by atoms with E-state index in [1.165, 1.54) is 5.56 Å². The third kappa shape index (κ3) is 4.17. The summed E-state index contributed by atoms with van der Waals surface area (Å²) >= 11 is 3.49. The Kier molecular flexibility index (Phi) is 5.45. The van der Waals surface area contributed by atoms with Crippen LogP contribution < -0.4 is 4.90 Å². The second-order valence-corrected chi connectivity index (χ2v) is 7.40. The van der Waals surface area contributed by atoms with Crippen molar-refractivity contribution in [3.05, 3.63) is 70.6 Å². The van der Waals surface area contributed by atoms with Gasteiger partial charge in [-0.05, 0) is 36.2 Å². The molecule has 138 valence electrons. The van der Waals surface area contributed by atoms with Gasteiger partial charge in [-0.3, -0.25) is 4.98 Å². The lowest BCUT2D eigenvalue weighted by Gasteiger charge is -2.34. The molecule has 3 heterocycles. The van der Waals surface area contributed by atoms with Crippen molar-refractivity contribution >= 4 is 21.7 Å². The number of benzene rings is 1. The van der Waals surface area contributed by atoms with Crippen molar-refractivity contribution < 1.29 is 4.74 Å². The Balaban J connectivity index is 1.63. The predicted octanol–water partition coefficient (Wildman–Crippen LogP) is 4.44. The number of ether oxygens (including phenoxy) is 1. The van der Waals surface area contributed by atoms with Crippen molar-refractivity contribution in [2.24, 2.45) is 0 Å². The average molecular weight is 425 g/mol. The molecule has 3 aromatic rings. The fourth-order valence-electron chi connectivity index (χ4n) is 3.19. The first-order chi connectivity index (χ1) is 13.2. The molecule has 27 heavy (non-hydrogen) atoms. The van der Waals surface area contributed by atoms with Gasteiger partial charge >= 0.3 is 0 Å². The quantitative estimate of drug-likeness (QED) is 0.619. The van der Waals surface area contributed by atoms with E-state index in [-0.39, 0.29) is 6.10 Å². The van der Waals surface area contributed by atoms with Crippen LogP contribution in [0.3, 0.4) is 0 Å². The molecule has 1 unspecified atom stereocenters. The Morgan fingerprint density at radius 3 is 2.63 bits per heavy atom. The molecule has 1 aliphatic rings. The molecule has 0 bridgehead atoms. The van der Waals surface area contributed by atoms with Crippen LogP contribution in [0.1, 0.15) is 24.3 Å². The highest BCUT2D eigenvalue weighted by Gasteiger charge is 2.24. The van der Waals surface area contributed by atoms with Gasteiger partial charge in [0.25, 0.3) is 0 Å². The second kappa shape index (κ2) is 8.15. The Labute approximate surface area is 167 Å². The summed E-state index contributed by atoms with van der Waals surface area (Å²) in [5, 5.41) is 0. The number of aryl methyl sites for hydroxylation is 1. The summed E-state index contributed by atoms with van der Waals surface area (Å²) in [6.07, 6.45) is 4.45. The highest BCUT2D eigenvalue weighted by atomic mass is 79.9. The van der Waals surface area contributed by atoms with Gasteiger partial charge in [-0.15, -0.1) is 0 Å². The Morgan fingerprint density at radius 1 is 1.11 bits per heavy atom. The molecule has 5 nitrogen and oxygen atoms in total. The van der Waals surface area contributed by atoms with Gasteiger partial charge in [0, 0.05) is 47.3 Å². The molecule has 0 aliphatic carbocycles. The zero-order valence-electron chi connectivity index (χ0n) is 15.2. The minimum Gasteiger partial charge on any atom is -0.370 e. The van der Waals surface area contributed by atoms with E-state index in [2.05, 4.69) is 63.1 Å². The van der Waals surface area contributed by atoms with E-state index in [9.17, 15) is 0 Å². The lowest BCUT2D eigenvalue weighted by Crippen LogP contribution is -2.39. The summed E-state index contributed by atoms with van der Waals surface area (Å²) in [5.74, 6) is 1.71. The van der Waals surface area contributed by atoms with E-state index in [4.69, 9.17) is 14.7 Å². The number of aromatic nitrogens is 3. The lowest BCUT2D eigenvalue weighted by molar-refractivity contribution is 0.0395. The van der Waals surface area contributed by atoms with E-state index in [1.807, 2.05) is 12.1 Å². The molecular weight excluding hydrogens is 404 g/mol. The van der Waals surface area contributed by atoms with Crippen LogP contribution in [-0.2, 0) is 11.2 Å².